The van der Waals surface area contributed by atoms with E-state index in [1.807, 2.05) is 13.8 Å². The minimum Gasteiger partial charge on any atom is -0.459 e. The van der Waals surface area contributed by atoms with Gasteiger partial charge in [0.1, 0.15) is 6.10 Å². The molecule has 0 heterocycles. The molecule has 0 spiro atoms. The fourth-order valence-corrected chi connectivity index (χ4v) is 2.78. The number of ether oxygens (including phenoxy) is 2. The lowest BCUT2D eigenvalue weighted by atomic mass is 9.79. The van der Waals surface area contributed by atoms with Crippen molar-refractivity contribution in [3.63, 3.8) is 0 Å². The smallest absolute Gasteiger partial charge is 0.333 e. The van der Waals surface area contributed by atoms with Crippen molar-refractivity contribution >= 4 is 5.97 Å². The van der Waals surface area contributed by atoms with Crippen LogP contribution >= 0.6 is 0 Å². The Morgan fingerprint density at radius 1 is 1.36 bits per heavy atom. The van der Waals surface area contributed by atoms with Crippen LogP contribution in [-0.2, 0) is 14.3 Å². The van der Waals surface area contributed by atoms with E-state index in [1.165, 1.54) is 0 Å². The topological polar surface area (TPSA) is 55.8 Å². The summed E-state index contributed by atoms with van der Waals surface area (Å²) in [4.78, 5) is 11.8. The Morgan fingerprint density at radius 3 is 2.41 bits per heavy atom. The SMILES string of the molecule is C=C(C)C(=O)OC1CCCC(CC)(OC(C)(C)C(C)(C)O)C1. The second-order valence-corrected chi connectivity index (χ2v) is 7.61. The van der Waals surface area contributed by atoms with E-state index in [2.05, 4.69) is 13.5 Å². The van der Waals surface area contributed by atoms with E-state index >= 15 is 0 Å². The number of carbonyl (C=O) groups is 1. The van der Waals surface area contributed by atoms with E-state index in [-0.39, 0.29) is 17.7 Å². The average molecular weight is 312 g/mol. The Labute approximate surface area is 134 Å². The third-order valence-electron chi connectivity index (χ3n) is 4.97. The molecule has 1 rings (SSSR count). The van der Waals surface area contributed by atoms with Crippen molar-refractivity contribution in [2.45, 2.75) is 96.6 Å². The number of hydrogen-bond acceptors (Lipinski definition) is 4. The Bertz CT molecular complexity index is 419. The first kappa shape index (κ1) is 19.2. The van der Waals surface area contributed by atoms with Crippen molar-refractivity contribution in [1.29, 1.82) is 0 Å². The van der Waals surface area contributed by atoms with Gasteiger partial charge in [-0.25, -0.2) is 4.79 Å². The minimum atomic E-state index is -0.948. The molecule has 1 aliphatic carbocycles. The maximum Gasteiger partial charge on any atom is 0.333 e. The van der Waals surface area contributed by atoms with E-state index in [4.69, 9.17) is 9.47 Å². The van der Waals surface area contributed by atoms with Crippen molar-refractivity contribution < 1.29 is 19.4 Å². The van der Waals surface area contributed by atoms with Crippen LogP contribution in [0.1, 0.15) is 73.6 Å². The third-order valence-corrected chi connectivity index (χ3v) is 4.97. The number of hydrogen-bond donors (Lipinski definition) is 1. The summed E-state index contributed by atoms with van der Waals surface area (Å²) in [5.41, 5.74) is -1.56. The number of aliphatic hydroxyl groups is 1. The van der Waals surface area contributed by atoms with E-state index in [9.17, 15) is 9.90 Å². The zero-order valence-electron chi connectivity index (χ0n) is 15.0. The second kappa shape index (κ2) is 6.71. The first-order valence-electron chi connectivity index (χ1n) is 8.21. The zero-order chi connectivity index (χ0) is 17.2. The molecule has 22 heavy (non-hydrogen) atoms. The predicted molar refractivity (Wildman–Crippen MR) is 87.6 cm³/mol. The highest BCUT2D eigenvalue weighted by atomic mass is 16.6. The largest absolute Gasteiger partial charge is 0.459 e. The molecule has 0 aliphatic heterocycles. The van der Waals surface area contributed by atoms with Crippen LogP contribution in [-0.4, -0.2) is 34.0 Å². The molecule has 0 saturated heterocycles. The molecule has 0 radical (unpaired) electrons. The molecule has 0 bridgehead atoms. The summed E-state index contributed by atoms with van der Waals surface area (Å²) in [7, 11) is 0. The molecule has 2 unspecified atom stereocenters. The highest BCUT2D eigenvalue weighted by molar-refractivity contribution is 5.87. The fraction of sp³-hybridized carbons (Fsp3) is 0.833. The Morgan fingerprint density at radius 2 is 1.95 bits per heavy atom. The average Bonchev–Trinajstić information content (AvgIpc) is 2.37. The van der Waals surface area contributed by atoms with Crippen LogP contribution in [0.4, 0.5) is 0 Å². The van der Waals surface area contributed by atoms with Gasteiger partial charge in [0, 0.05) is 12.0 Å². The van der Waals surface area contributed by atoms with Gasteiger partial charge in [-0.05, 0) is 60.3 Å². The quantitative estimate of drug-likeness (QED) is 0.599. The summed E-state index contributed by atoms with van der Waals surface area (Å²) in [6, 6.07) is 0. The van der Waals surface area contributed by atoms with Crippen LogP contribution in [0.5, 0.6) is 0 Å². The summed E-state index contributed by atoms with van der Waals surface area (Å²) in [5, 5.41) is 10.3. The third kappa shape index (κ3) is 4.56. The van der Waals surface area contributed by atoms with Crippen molar-refractivity contribution in [2.75, 3.05) is 0 Å². The van der Waals surface area contributed by atoms with E-state index in [0.717, 1.165) is 25.7 Å². The Hall–Kier alpha value is -0.870. The molecule has 128 valence electrons. The molecule has 1 fully saturated rings. The molecule has 0 aromatic carbocycles. The molecule has 1 N–H and O–H groups in total. The summed E-state index contributed by atoms with van der Waals surface area (Å²) in [5.74, 6) is -0.335. The number of carbonyl (C=O) groups excluding carboxylic acids is 1. The lowest BCUT2D eigenvalue weighted by Gasteiger charge is -2.48. The summed E-state index contributed by atoms with van der Waals surface area (Å²) < 4.78 is 11.9. The second-order valence-electron chi connectivity index (χ2n) is 7.61. The molecule has 0 aromatic heterocycles. The Balaban J connectivity index is 2.85. The van der Waals surface area contributed by atoms with Crippen LogP contribution in [0.2, 0.25) is 0 Å². The molecule has 2 atom stereocenters. The van der Waals surface area contributed by atoms with Gasteiger partial charge in [-0.15, -0.1) is 0 Å². The summed E-state index contributed by atoms with van der Waals surface area (Å²) in [6.07, 6.45) is 4.08. The van der Waals surface area contributed by atoms with Gasteiger partial charge in [0.25, 0.3) is 0 Å². The van der Waals surface area contributed by atoms with Crippen LogP contribution in [0.25, 0.3) is 0 Å². The molecular weight excluding hydrogens is 280 g/mol. The van der Waals surface area contributed by atoms with Gasteiger partial charge in [0.05, 0.1) is 16.8 Å². The zero-order valence-corrected chi connectivity index (χ0v) is 15.0. The Kier molecular flexibility index (Phi) is 5.85. The van der Waals surface area contributed by atoms with E-state index < -0.39 is 11.2 Å². The van der Waals surface area contributed by atoms with Crippen LogP contribution in [0.15, 0.2) is 12.2 Å². The molecule has 1 saturated carbocycles. The maximum atomic E-state index is 11.8. The molecular formula is C18H32O4. The van der Waals surface area contributed by atoms with Gasteiger partial charge in [-0.3, -0.25) is 0 Å². The first-order chi connectivity index (χ1) is 9.92. The fourth-order valence-electron chi connectivity index (χ4n) is 2.78. The number of rotatable bonds is 6. The molecule has 4 nitrogen and oxygen atoms in total. The van der Waals surface area contributed by atoms with Crippen LogP contribution in [0, 0.1) is 0 Å². The highest BCUT2D eigenvalue weighted by Crippen LogP contribution is 2.41. The van der Waals surface area contributed by atoms with Crippen LogP contribution < -0.4 is 0 Å². The predicted octanol–water partition coefficient (Wildman–Crippen LogP) is 3.76. The van der Waals surface area contributed by atoms with Gasteiger partial charge in [0.15, 0.2) is 0 Å². The van der Waals surface area contributed by atoms with Crippen molar-refractivity contribution in [3.05, 3.63) is 12.2 Å². The van der Waals surface area contributed by atoms with Gasteiger partial charge in [-0.1, -0.05) is 13.5 Å². The molecule has 0 amide bonds. The van der Waals surface area contributed by atoms with E-state index in [1.54, 1.807) is 20.8 Å². The highest BCUT2D eigenvalue weighted by Gasteiger charge is 2.46. The van der Waals surface area contributed by atoms with Crippen molar-refractivity contribution in [1.82, 2.24) is 0 Å². The van der Waals surface area contributed by atoms with Crippen LogP contribution in [0.3, 0.4) is 0 Å². The molecule has 1 aliphatic rings. The summed E-state index contributed by atoms with van der Waals surface area (Å²) in [6.45, 7) is 14.7. The van der Waals surface area contributed by atoms with Crippen molar-refractivity contribution in [3.8, 4) is 0 Å². The van der Waals surface area contributed by atoms with Gasteiger partial charge >= 0.3 is 5.97 Å². The lowest BCUT2D eigenvalue weighted by molar-refractivity contribution is -0.232. The van der Waals surface area contributed by atoms with Gasteiger partial charge < -0.3 is 14.6 Å². The van der Waals surface area contributed by atoms with Gasteiger partial charge in [0.2, 0.25) is 0 Å². The first-order valence-corrected chi connectivity index (χ1v) is 8.21. The number of esters is 1. The van der Waals surface area contributed by atoms with Crippen molar-refractivity contribution in [2.24, 2.45) is 0 Å². The minimum absolute atomic E-state index is 0.143. The van der Waals surface area contributed by atoms with E-state index in [0.29, 0.717) is 12.0 Å². The summed E-state index contributed by atoms with van der Waals surface area (Å²) >= 11 is 0. The maximum absolute atomic E-state index is 11.8. The lowest BCUT2D eigenvalue weighted by Crippen LogP contribution is -2.55. The molecule has 0 aromatic rings. The standard InChI is InChI=1S/C18H32O4/c1-8-18(22-17(6,7)16(4,5)20)11-9-10-14(12-18)21-15(19)13(2)3/h14,20H,2,8-12H2,1,3-7H3. The van der Waals surface area contributed by atoms with Gasteiger partial charge in [-0.2, -0.15) is 0 Å². The monoisotopic (exact) mass is 312 g/mol. The normalized spacial score (nSPS) is 26.6. The molecule has 4 heteroatoms.